The Morgan fingerprint density at radius 1 is 0.422 bits per heavy atom. The van der Waals surface area contributed by atoms with Crippen LogP contribution in [0.3, 0.4) is 0 Å². The third kappa shape index (κ3) is 50.0. The maximum Gasteiger partial charge on any atom is 0.305 e. The van der Waals surface area contributed by atoms with Crippen molar-refractivity contribution in [3.05, 3.63) is 12.2 Å². The molecule has 0 bridgehead atoms. The Morgan fingerprint density at radius 2 is 0.734 bits per heavy atom. The molecule has 1 amide bonds. The molecule has 380 valence electrons. The van der Waals surface area contributed by atoms with Crippen LogP contribution in [0.4, 0.5) is 0 Å². The van der Waals surface area contributed by atoms with Gasteiger partial charge in [-0.25, -0.2) is 0 Å². The van der Waals surface area contributed by atoms with E-state index in [4.69, 9.17) is 4.74 Å². The quantitative estimate of drug-likeness (QED) is 0.0321. The normalized spacial score (nSPS) is 12.6. The first-order chi connectivity index (χ1) is 31.5. The Kier molecular flexibility index (Phi) is 53.0. The first-order valence-corrected chi connectivity index (χ1v) is 28.9. The van der Waals surface area contributed by atoms with E-state index in [1.807, 2.05) is 0 Å². The zero-order chi connectivity index (χ0) is 46.5. The van der Waals surface area contributed by atoms with Crippen LogP contribution >= 0.6 is 0 Å². The Bertz CT molecular complexity index is 955. The molecule has 0 aromatic carbocycles. The van der Waals surface area contributed by atoms with Gasteiger partial charge in [-0.05, 0) is 51.4 Å². The maximum absolute atomic E-state index is 12.5. The van der Waals surface area contributed by atoms with Crippen molar-refractivity contribution in [1.29, 1.82) is 0 Å². The van der Waals surface area contributed by atoms with Crippen molar-refractivity contribution >= 4 is 11.9 Å². The van der Waals surface area contributed by atoms with Gasteiger partial charge in [-0.2, -0.15) is 0 Å². The molecule has 0 saturated heterocycles. The summed E-state index contributed by atoms with van der Waals surface area (Å²) in [4.78, 5) is 24.5. The smallest absolute Gasteiger partial charge is 0.305 e. The predicted molar refractivity (Wildman–Crippen MR) is 278 cm³/mol. The molecule has 64 heavy (non-hydrogen) atoms. The monoisotopic (exact) mass is 904 g/mol. The standard InChI is InChI=1S/C58H113NO5/c1-3-5-7-9-11-13-15-17-19-20-21-22-23-24-25-27-28-30-34-38-42-46-50-56(61)55(54-60)59-57(62)51-47-43-39-35-32-33-37-41-45-49-53-64-58(63)52-48-44-40-36-31-29-26-18-16-14-12-10-8-6-4-2/h33,37,55-56,60-61H,3-32,34-36,38-54H2,1-2H3,(H,59,62)/b37-33-. The number of aliphatic hydroxyl groups is 2. The molecule has 0 aliphatic heterocycles. The summed E-state index contributed by atoms with van der Waals surface area (Å²) in [6.07, 6.45) is 63.5. The summed E-state index contributed by atoms with van der Waals surface area (Å²) in [5, 5.41) is 23.3. The molecule has 0 spiro atoms. The molecule has 2 atom stereocenters. The lowest BCUT2D eigenvalue weighted by Gasteiger charge is -2.22. The second kappa shape index (κ2) is 54.2. The van der Waals surface area contributed by atoms with E-state index in [2.05, 4.69) is 31.3 Å². The molecule has 6 nitrogen and oxygen atoms in total. The first kappa shape index (κ1) is 62.6. The summed E-state index contributed by atoms with van der Waals surface area (Å²) < 4.78 is 5.44. The molecule has 0 heterocycles. The second-order valence-electron chi connectivity index (χ2n) is 20.0. The number of nitrogens with one attached hydrogen (secondary N) is 1. The topological polar surface area (TPSA) is 95.9 Å². The number of carbonyl (C=O) groups excluding carboxylic acids is 2. The molecular weight excluding hydrogens is 791 g/mol. The lowest BCUT2D eigenvalue weighted by atomic mass is 10.0. The van der Waals surface area contributed by atoms with Gasteiger partial charge in [0, 0.05) is 12.8 Å². The fourth-order valence-corrected chi connectivity index (χ4v) is 9.11. The number of carbonyl (C=O) groups is 2. The van der Waals surface area contributed by atoms with Gasteiger partial charge in [-0.15, -0.1) is 0 Å². The zero-order valence-electron chi connectivity index (χ0n) is 43.3. The molecule has 0 aromatic rings. The highest BCUT2D eigenvalue weighted by Crippen LogP contribution is 2.18. The minimum atomic E-state index is -0.686. The molecule has 2 unspecified atom stereocenters. The van der Waals surface area contributed by atoms with Crippen molar-refractivity contribution in [2.45, 2.75) is 334 Å². The Hall–Kier alpha value is -1.40. The number of ether oxygens (including phenoxy) is 1. The molecule has 6 heteroatoms. The molecule has 0 aliphatic rings. The molecule has 3 N–H and O–H groups in total. The minimum absolute atomic E-state index is 0.0323. The van der Waals surface area contributed by atoms with Gasteiger partial charge in [0.25, 0.3) is 0 Å². The van der Waals surface area contributed by atoms with Crippen LogP contribution in [0, 0.1) is 0 Å². The third-order valence-electron chi connectivity index (χ3n) is 13.6. The number of hydrogen-bond acceptors (Lipinski definition) is 5. The van der Waals surface area contributed by atoms with Crippen LogP contribution < -0.4 is 5.32 Å². The van der Waals surface area contributed by atoms with Crippen LogP contribution in [0.2, 0.25) is 0 Å². The van der Waals surface area contributed by atoms with E-state index in [0.717, 1.165) is 77.0 Å². The van der Waals surface area contributed by atoms with Gasteiger partial charge < -0.3 is 20.3 Å². The molecule has 0 saturated carbocycles. The van der Waals surface area contributed by atoms with Crippen molar-refractivity contribution in [3.8, 4) is 0 Å². The van der Waals surface area contributed by atoms with Gasteiger partial charge in [0.15, 0.2) is 0 Å². The fourth-order valence-electron chi connectivity index (χ4n) is 9.11. The van der Waals surface area contributed by atoms with Crippen molar-refractivity contribution < 1.29 is 24.5 Å². The minimum Gasteiger partial charge on any atom is -0.466 e. The van der Waals surface area contributed by atoms with Crippen LogP contribution in [0.25, 0.3) is 0 Å². The van der Waals surface area contributed by atoms with Crippen LogP contribution in [-0.2, 0) is 14.3 Å². The van der Waals surface area contributed by atoms with Crippen molar-refractivity contribution in [1.82, 2.24) is 5.32 Å². The number of allylic oxidation sites excluding steroid dienone is 2. The summed E-state index contributed by atoms with van der Waals surface area (Å²) in [5.74, 6) is -0.0992. The van der Waals surface area contributed by atoms with E-state index < -0.39 is 12.1 Å². The van der Waals surface area contributed by atoms with Crippen LogP contribution in [-0.4, -0.2) is 47.4 Å². The largest absolute Gasteiger partial charge is 0.466 e. The van der Waals surface area contributed by atoms with E-state index in [1.54, 1.807) is 0 Å². The predicted octanol–water partition coefficient (Wildman–Crippen LogP) is 17.7. The number of rotatable bonds is 54. The van der Waals surface area contributed by atoms with Gasteiger partial charge >= 0.3 is 5.97 Å². The number of aliphatic hydroxyl groups excluding tert-OH is 2. The average molecular weight is 905 g/mol. The fraction of sp³-hybridized carbons (Fsp3) is 0.931. The van der Waals surface area contributed by atoms with Gasteiger partial charge in [-0.3, -0.25) is 9.59 Å². The van der Waals surface area contributed by atoms with Crippen LogP contribution in [0.5, 0.6) is 0 Å². The Morgan fingerprint density at radius 3 is 1.11 bits per heavy atom. The number of amides is 1. The number of hydrogen-bond donors (Lipinski definition) is 3. The lowest BCUT2D eigenvalue weighted by molar-refractivity contribution is -0.143. The van der Waals surface area contributed by atoms with E-state index in [-0.39, 0.29) is 18.5 Å². The summed E-state index contributed by atoms with van der Waals surface area (Å²) in [6.45, 7) is 4.89. The molecule has 0 aromatic heterocycles. The highest BCUT2D eigenvalue weighted by atomic mass is 16.5. The highest BCUT2D eigenvalue weighted by molar-refractivity contribution is 5.76. The zero-order valence-corrected chi connectivity index (χ0v) is 43.3. The lowest BCUT2D eigenvalue weighted by Crippen LogP contribution is -2.45. The summed E-state index contributed by atoms with van der Waals surface area (Å²) >= 11 is 0. The van der Waals surface area contributed by atoms with Crippen LogP contribution in [0.1, 0.15) is 322 Å². The second-order valence-corrected chi connectivity index (χ2v) is 20.0. The Labute approximate surface area is 399 Å². The van der Waals surface area contributed by atoms with Crippen molar-refractivity contribution in [2.24, 2.45) is 0 Å². The van der Waals surface area contributed by atoms with E-state index >= 15 is 0 Å². The summed E-state index contributed by atoms with van der Waals surface area (Å²) in [7, 11) is 0. The van der Waals surface area contributed by atoms with E-state index in [9.17, 15) is 19.8 Å². The Balaban J connectivity index is 3.49. The van der Waals surface area contributed by atoms with Gasteiger partial charge in [0.05, 0.1) is 25.4 Å². The number of esters is 1. The first-order valence-electron chi connectivity index (χ1n) is 28.9. The number of unbranched alkanes of at least 4 members (excludes halogenated alkanes) is 41. The maximum atomic E-state index is 12.5. The average Bonchev–Trinajstić information content (AvgIpc) is 3.29. The summed E-state index contributed by atoms with van der Waals surface area (Å²) in [6, 6.07) is -0.566. The third-order valence-corrected chi connectivity index (χ3v) is 13.6. The van der Waals surface area contributed by atoms with Crippen molar-refractivity contribution in [3.63, 3.8) is 0 Å². The molecule has 0 aliphatic carbocycles. The van der Waals surface area contributed by atoms with Crippen molar-refractivity contribution in [2.75, 3.05) is 13.2 Å². The van der Waals surface area contributed by atoms with E-state index in [0.29, 0.717) is 25.9 Å². The van der Waals surface area contributed by atoms with Crippen LogP contribution in [0.15, 0.2) is 12.2 Å². The van der Waals surface area contributed by atoms with Gasteiger partial charge in [0.2, 0.25) is 5.91 Å². The molecule has 0 rings (SSSR count). The van der Waals surface area contributed by atoms with E-state index in [1.165, 1.54) is 212 Å². The highest BCUT2D eigenvalue weighted by Gasteiger charge is 2.20. The summed E-state index contributed by atoms with van der Waals surface area (Å²) in [5.41, 5.74) is 0. The molecule has 0 fully saturated rings. The molecular formula is C58H113NO5. The molecule has 0 radical (unpaired) electrons. The van der Waals surface area contributed by atoms with Gasteiger partial charge in [-0.1, -0.05) is 270 Å². The SMILES string of the molecule is CCCCCCCCCCCCCCCCCCCCCCCCC(O)C(CO)NC(=O)CCCCCC/C=C\CCCCOC(=O)CCCCCCCCCCCCCCCCC. The van der Waals surface area contributed by atoms with Gasteiger partial charge in [0.1, 0.15) is 0 Å².